The van der Waals surface area contributed by atoms with Gasteiger partial charge in [0.25, 0.3) is 0 Å². The zero-order valence-corrected chi connectivity index (χ0v) is 11.6. The summed E-state index contributed by atoms with van der Waals surface area (Å²) in [5, 5.41) is 3.26. The first-order chi connectivity index (χ1) is 8.13. The fourth-order valence-electron chi connectivity index (χ4n) is 2.34. The first-order valence-corrected chi connectivity index (χ1v) is 6.47. The van der Waals surface area contributed by atoms with Crippen molar-refractivity contribution in [1.82, 2.24) is 5.32 Å². The van der Waals surface area contributed by atoms with Crippen LogP contribution in [0.3, 0.4) is 0 Å². The lowest BCUT2D eigenvalue weighted by atomic mass is 9.88. The summed E-state index contributed by atoms with van der Waals surface area (Å²) in [7, 11) is 1.45. The van der Waals surface area contributed by atoms with Gasteiger partial charge >= 0.3 is 5.97 Å². The topological polar surface area (TPSA) is 38.3 Å². The summed E-state index contributed by atoms with van der Waals surface area (Å²) in [5.74, 6) is -0.0242. The number of halogens is 1. The van der Waals surface area contributed by atoms with E-state index in [0.29, 0.717) is 6.54 Å². The molecule has 92 valence electrons. The summed E-state index contributed by atoms with van der Waals surface area (Å²) in [5.41, 5.74) is 2.39. The van der Waals surface area contributed by atoms with Crippen LogP contribution >= 0.6 is 15.9 Å². The second kappa shape index (κ2) is 5.19. The number of hydrogen-bond donors (Lipinski definition) is 1. The molecule has 0 radical (unpaired) electrons. The molecule has 0 unspecified atom stereocenters. The van der Waals surface area contributed by atoms with Crippen LogP contribution in [0.5, 0.6) is 0 Å². The highest BCUT2D eigenvalue weighted by Crippen LogP contribution is 2.34. The molecule has 1 N–H and O–H groups in total. The largest absolute Gasteiger partial charge is 0.469 e. The van der Waals surface area contributed by atoms with Crippen molar-refractivity contribution < 1.29 is 9.53 Å². The second-order valence-electron chi connectivity index (χ2n) is 4.42. The zero-order valence-electron chi connectivity index (χ0n) is 10.00. The average Bonchev–Trinajstić information content (AvgIpc) is 2.77. The van der Waals surface area contributed by atoms with Gasteiger partial charge < -0.3 is 10.1 Å². The fourth-order valence-corrected chi connectivity index (χ4v) is 3.12. The Morgan fingerprint density at radius 1 is 1.47 bits per heavy atom. The van der Waals surface area contributed by atoms with Crippen LogP contribution in [0.2, 0.25) is 0 Å². The summed E-state index contributed by atoms with van der Waals surface area (Å²) in [6.45, 7) is 3.57. The van der Waals surface area contributed by atoms with E-state index in [2.05, 4.69) is 46.4 Å². The molecule has 2 atom stereocenters. The smallest absolute Gasteiger partial charge is 0.310 e. The Balaban J connectivity index is 2.29. The van der Waals surface area contributed by atoms with Crippen molar-refractivity contribution in [2.45, 2.75) is 12.8 Å². The van der Waals surface area contributed by atoms with Crippen molar-refractivity contribution in [3.63, 3.8) is 0 Å². The molecule has 1 fully saturated rings. The summed E-state index contributed by atoms with van der Waals surface area (Å²) < 4.78 is 5.92. The first kappa shape index (κ1) is 12.6. The van der Waals surface area contributed by atoms with Gasteiger partial charge in [-0.3, -0.25) is 4.79 Å². The van der Waals surface area contributed by atoms with E-state index in [0.717, 1.165) is 11.0 Å². The Labute approximate surface area is 110 Å². The van der Waals surface area contributed by atoms with Crippen molar-refractivity contribution in [3.05, 3.63) is 33.8 Å². The predicted molar refractivity (Wildman–Crippen MR) is 70.0 cm³/mol. The Bertz CT molecular complexity index is 433. The molecule has 1 aromatic carbocycles. The molecule has 0 saturated carbocycles. The highest BCUT2D eigenvalue weighted by molar-refractivity contribution is 9.10. The van der Waals surface area contributed by atoms with Gasteiger partial charge in [0, 0.05) is 23.5 Å². The van der Waals surface area contributed by atoms with Gasteiger partial charge in [0.15, 0.2) is 0 Å². The number of carbonyl (C=O) groups is 1. The van der Waals surface area contributed by atoms with Crippen LogP contribution < -0.4 is 5.32 Å². The maximum absolute atomic E-state index is 11.7. The lowest BCUT2D eigenvalue weighted by Crippen LogP contribution is -2.23. The number of rotatable bonds is 2. The molecule has 0 aromatic heterocycles. The number of esters is 1. The summed E-state index contributed by atoms with van der Waals surface area (Å²) in [6, 6.07) is 6.25. The van der Waals surface area contributed by atoms with Crippen molar-refractivity contribution in [3.8, 4) is 0 Å². The summed E-state index contributed by atoms with van der Waals surface area (Å²) in [6.07, 6.45) is 0. The monoisotopic (exact) mass is 297 g/mol. The molecular formula is C13H16BrNO2. The number of ether oxygens (including phenoxy) is 1. The van der Waals surface area contributed by atoms with E-state index >= 15 is 0 Å². The van der Waals surface area contributed by atoms with Crippen molar-refractivity contribution in [1.29, 1.82) is 0 Å². The lowest BCUT2D eigenvalue weighted by molar-refractivity contribution is -0.145. The highest BCUT2D eigenvalue weighted by atomic mass is 79.9. The minimum Gasteiger partial charge on any atom is -0.469 e. The number of hydrogen-bond acceptors (Lipinski definition) is 3. The van der Waals surface area contributed by atoms with Gasteiger partial charge in [-0.25, -0.2) is 0 Å². The molecule has 0 aliphatic carbocycles. The molecule has 2 rings (SSSR count). The third kappa shape index (κ3) is 2.53. The number of aryl methyl sites for hydroxylation is 1. The van der Waals surface area contributed by atoms with Crippen LogP contribution in [0, 0.1) is 12.8 Å². The van der Waals surface area contributed by atoms with Crippen molar-refractivity contribution in [2.24, 2.45) is 5.92 Å². The Kier molecular flexibility index (Phi) is 3.84. The van der Waals surface area contributed by atoms with Gasteiger partial charge in [0.1, 0.15) is 0 Å². The first-order valence-electron chi connectivity index (χ1n) is 5.68. The molecule has 1 aliphatic heterocycles. The third-order valence-electron chi connectivity index (χ3n) is 3.27. The van der Waals surface area contributed by atoms with Gasteiger partial charge in [-0.2, -0.15) is 0 Å². The van der Waals surface area contributed by atoms with E-state index < -0.39 is 0 Å². The lowest BCUT2D eigenvalue weighted by Gasteiger charge is -2.18. The molecule has 0 spiro atoms. The molecule has 1 aliphatic rings. The van der Waals surface area contributed by atoms with Gasteiger partial charge in [-0.05, 0) is 24.1 Å². The van der Waals surface area contributed by atoms with E-state index in [4.69, 9.17) is 4.74 Å². The van der Waals surface area contributed by atoms with Crippen LogP contribution in [-0.2, 0) is 9.53 Å². The molecule has 1 saturated heterocycles. The van der Waals surface area contributed by atoms with Crippen molar-refractivity contribution in [2.75, 3.05) is 20.2 Å². The Morgan fingerprint density at radius 2 is 2.24 bits per heavy atom. The van der Waals surface area contributed by atoms with E-state index in [-0.39, 0.29) is 17.8 Å². The molecule has 1 heterocycles. The van der Waals surface area contributed by atoms with Crippen LogP contribution in [0.4, 0.5) is 0 Å². The minimum absolute atomic E-state index is 0.0843. The number of nitrogens with one attached hydrogen (secondary N) is 1. The van der Waals surface area contributed by atoms with E-state index in [1.807, 2.05) is 0 Å². The highest BCUT2D eigenvalue weighted by Gasteiger charge is 2.35. The maximum Gasteiger partial charge on any atom is 0.310 e. The van der Waals surface area contributed by atoms with Gasteiger partial charge in [-0.15, -0.1) is 0 Å². The number of methoxy groups -OCH3 is 1. The van der Waals surface area contributed by atoms with Gasteiger partial charge in [0.2, 0.25) is 0 Å². The average molecular weight is 298 g/mol. The molecule has 0 amide bonds. The van der Waals surface area contributed by atoms with Crippen LogP contribution in [-0.4, -0.2) is 26.2 Å². The normalized spacial score (nSPS) is 23.7. The Morgan fingerprint density at radius 3 is 2.88 bits per heavy atom. The van der Waals surface area contributed by atoms with Gasteiger partial charge in [-0.1, -0.05) is 28.1 Å². The standard InChI is InChI=1S/C13H16BrNO2/c1-8-3-4-9(12(14)5-8)10-6-15-7-11(10)13(16)17-2/h3-5,10-11,15H,6-7H2,1-2H3/t10-,11+/m0/s1. The molecular weight excluding hydrogens is 282 g/mol. The fraction of sp³-hybridized carbons (Fsp3) is 0.462. The molecule has 17 heavy (non-hydrogen) atoms. The van der Waals surface area contributed by atoms with E-state index in [1.54, 1.807) is 0 Å². The molecule has 3 nitrogen and oxygen atoms in total. The second-order valence-corrected chi connectivity index (χ2v) is 5.27. The summed E-state index contributed by atoms with van der Waals surface area (Å²) in [4.78, 5) is 11.7. The minimum atomic E-state index is -0.132. The Hall–Kier alpha value is -0.870. The number of benzene rings is 1. The van der Waals surface area contributed by atoms with Crippen LogP contribution in [0.1, 0.15) is 17.0 Å². The van der Waals surface area contributed by atoms with Crippen LogP contribution in [0.25, 0.3) is 0 Å². The predicted octanol–water partition coefficient (Wildman–Crippen LogP) is 2.23. The third-order valence-corrected chi connectivity index (χ3v) is 3.96. The van der Waals surface area contributed by atoms with Gasteiger partial charge in [0.05, 0.1) is 13.0 Å². The molecule has 0 bridgehead atoms. The van der Waals surface area contributed by atoms with Crippen molar-refractivity contribution >= 4 is 21.9 Å². The maximum atomic E-state index is 11.7. The van der Waals surface area contributed by atoms with E-state index in [1.165, 1.54) is 18.2 Å². The quantitative estimate of drug-likeness (QED) is 0.851. The van der Waals surface area contributed by atoms with Crippen LogP contribution in [0.15, 0.2) is 22.7 Å². The zero-order chi connectivity index (χ0) is 12.4. The summed E-state index contributed by atoms with van der Waals surface area (Å²) >= 11 is 3.58. The molecule has 4 heteroatoms. The molecule has 1 aromatic rings. The SMILES string of the molecule is COC(=O)[C@@H]1CNC[C@H]1c1ccc(C)cc1Br. The number of carbonyl (C=O) groups excluding carboxylic acids is 1. The van der Waals surface area contributed by atoms with E-state index in [9.17, 15) is 4.79 Å².